The van der Waals surface area contributed by atoms with E-state index in [0.717, 1.165) is 48.4 Å². The number of nitrogens with two attached hydrogens (primary N) is 1. The monoisotopic (exact) mass is 387 g/mol. The van der Waals surface area contributed by atoms with Gasteiger partial charge in [-0.15, -0.1) is 0 Å². The zero-order valence-electron chi connectivity index (χ0n) is 15.6. The maximum atomic E-state index is 11.7. The fourth-order valence-electron chi connectivity index (χ4n) is 3.29. The molecule has 4 rings (SSSR count). The van der Waals surface area contributed by atoms with Gasteiger partial charge in [-0.1, -0.05) is 19.9 Å². The first kappa shape index (κ1) is 18.2. The van der Waals surface area contributed by atoms with E-state index >= 15 is 0 Å². The first-order valence-electron chi connectivity index (χ1n) is 9.34. The van der Waals surface area contributed by atoms with Crippen molar-refractivity contribution in [1.29, 1.82) is 0 Å². The molecule has 1 aromatic heterocycles. The number of rotatable bonds is 5. The molecule has 27 heavy (non-hydrogen) atoms. The van der Waals surface area contributed by atoms with E-state index in [-0.39, 0.29) is 4.90 Å². The summed E-state index contributed by atoms with van der Waals surface area (Å²) in [6.07, 6.45) is 3.17. The Balaban J connectivity index is 1.65. The second-order valence-electron chi connectivity index (χ2n) is 7.70. The summed E-state index contributed by atoms with van der Waals surface area (Å²) in [7, 11) is -3.70. The van der Waals surface area contributed by atoms with Gasteiger partial charge in [-0.05, 0) is 48.4 Å². The quantitative estimate of drug-likeness (QED) is 0.817. The summed E-state index contributed by atoms with van der Waals surface area (Å²) in [6, 6.07) is 7.66. The lowest BCUT2D eigenvalue weighted by molar-refractivity contribution is 0.597. The van der Waals surface area contributed by atoms with Crippen LogP contribution in [-0.2, 0) is 23.0 Å². The van der Waals surface area contributed by atoms with Gasteiger partial charge in [0.2, 0.25) is 16.0 Å². The van der Waals surface area contributed by atoms with Crippen LogP contribution in [0.3, 0.4) is 0 Å². The first-order chi connectivity index (χ1) is 12.8. The molecule has 7 nitrogen and oxygen atoms in total. The number of primary sulfonamides is 1. The zero-order chi connectivity index (χ0) is 19.2. The molecule has 144 valence electrons. The molecule has 0 amide bonds. The smallest absolute Gasteiger partial charge is 0.238 e. The van der Waals surface area contributed by atoms with Crippen molar-refractivity contribution >= 4 is 21.8 Å². The number of aromatic nitrogens is 2. The molecule has 2 heterocycles. The number of fused-ring (bicyclic) bond motifs is 1. The van der Waals surface area contributed by atoms with E-state index in [1.165, 1.54) is 0 Å². The number of hydrogen-bond acceptors (Lipinski definition) is 6. The minimum atomic E-state index is -3.70. The van der Waals surface area contributed by atoms with Gasteiger partial charge in [0.1, 0.15) is 5.82 Å². The molecule has 1 saturated carbocycles. The highest BCUT2D eigenvalue weighted by Crippen LogP contribution is 2.29. The Morgan fingerprint density at radius 3 is 2.63 bits per heavy atom. The summed E-state index contributed by atoms with van der Waals surface area (Å²) in [5, 5.41) is 8.68. The average molecular weight is 388 g/mol. The van der Waals surface area contributed by atoms with Crippen molar-refractivity contribution in [3.05, 3.63) is 41.1 Å². The second-order valence-corrected chi connectivity index (χ2v) is 9.26. The number of nitrogens with one attached hydrogen (secondary N) is 1. The number of anilines is 2. The molecule has 1 fully saturated rings. The van der Waals surface area contributed by atoms with E-state index in [9.17, 15) is 8.42 Å². The first-order valence-corrected chi connectivity index (χ1v) is 10.9. The molecule has 1 aliphatic carbocycles. The van der Waals surface area contributed by atoms with Gasteiger partial charge in [-0.3, -0.25) is 0 Å². The predicted octanol–water partition coefficient (Wildman–Crippen LogP) is 2.38. The Morgan fingerprint density at radius 1 is 1.19 bits per heavy atom. The average Bonchev–Trinajstić information content (AvgIpc) is 3.43. The summed E-state index contributed by atoms with van der Waals surface area (Å²) in [4.78, 5) is 11.7. The molecule has 2 aliphatic rings. The number of nitrogens with zero attached hydrogens (tertiary/aromatic N) is 3. The number of hydrogen-bond donors (Lipinski definition) is 2. The molecular formula is C19H25N5O2S. The largest absolute Gasteiger partial charge is 0.352 e. The molecule has 0 spiro atoms. The van der Waals surface area contributed by atoms with Gasteiger partial charge in [0, 0.05) is 25.2 Å². The SMILES string of the molecule is CC(C)c1cc(N2CCc3ccc(S(N)(=O)=O)cc3C2)nc(NC2CC2)n1. The number of sulfonamides is 1. The minimum absolute atomic E-state index is 0.157. The van der Waals surface area contributed by atoms with E-state index in [1.54, 1.807) is 12.1 Å². The summed E-state index contributed by atoms with van der Waals surface area (Å²) < 4.78 is 23.4. The van der Waals surface area contributed by atoms with Crippen LogP contribution < -0.4 is 15.4 Å². The third-order valence-corrected chi connectivity index (χ3v) is 5.99. The molecule has 0 bridgehead atoms. The van der Waals surface area contributed by atoms with Crippen LogP contribution in [0.4, 0.5) is 11.8 Å². The summed E-state index contributed by atoms with van der Waals surface area (Å²) in [5.74, 6) is 1.86. The van der Waals surface area contributed by atoms with Crippen molar-refractivity contribution in [1.82, 2.24) is 9.97 Å². The lowest BCUT2D eigenvalue weighted by Gasteiger charge is -2.30. The van der Waals surface area contributed by atoms with E-state index in [2.05, 4.69) is 29.0 Å². The topological polar surface area (TPSA) is 101 Å². The Bertz CT molecular complexity index is 970. The van der Waals surface area contributed by atoms with Crippen molar-refractivity contribution in [3.8, 4) is 0 Å². The summed E-state index contributed by atoms with van der Waals surface area (Å²) >= 11 is 0. The molecule has 8 heteroatoms. The minimum Gasteiger partial charge on any atom is -0.352 e. The molecule has 0 saturated heterocycles. The van der Waals surface area contributed by atoms with E-state index < -0.39 is 10.0 Å². The van der Waals surface area contributed by atoms with Gasteiger partial charge in [0.25, 0.3) is 0 Å². The van der Waals surface area contributed by atoms with Crippen LogP contribution in [0.1, 0.15) is 49.4 Å². The highest BCUT2D eigenvalue weighted by Gasteiger charge is 2.24. The fourth-order valence-corrected chi connectivity index (χ4v) is 3.86. The lowest BCUT2D eigenvalue weighted by atomic mass is 10.00. The van der Waals surface area contributed by atoms with Gasteiger partial charge in [0.15, 0.2) is 0 Å². The standard InChI is InChI=1S/C19H25N5O2S/c1-12(2)17-10-18(23-19(22-17)21-15-4-5-15)24-8-7-13-3-6-16(27(20,25)26)9-14(13)11-24/h3,6,9-10,12,15H,4-5,7-8,11H2,1-2H3,(H2,20,25,26)(H,21,22,23). The van der Waals surface area contributed by atoms with E-state index in [4.69, 9.17) is 10.1 Å². The Labute approximate surface area is 160 Å². The summed E-state index contributed by atoms with van der Waals surface area (Å²) in [5.41, 5.74) is 3.15. The van der Waals surface area contributed by atoms with Gasteiger partial charge >= 0.3 is 0 Å². The molecule has 1 aliphatic heterocycles. The van der Waals surface area contributed by atoms with Crippen molar-refractivity contribution in [2.45, 2.75) is 56.5 Å². The number of benzene rings is 1. The zero-order valence-corrected chi connectivity index (χ0v) is 16.5. The van der Waals surface area contributed by atoms with Crippen molar-refractivity contribution in [2.24, 2.45) is 5.14 Å². The molecular weight excluding hydrogens is 362 g/mol. The van der Waals surface area contributed by atoms with Crippen molar-refractivity contribution < 1.29 is 8.42 Å². The highest BCUT2D eigenvalue weighted by atomic mass is 32.2. The van der Waals surface area contributed by atoms with E-state index in [1.807, 2.05) is 12.1 Å². The normalized spacial score (nSPS) is 17.1. The predicted molar refractivity (Wildman–Crippen MR) is 105 cm³/mol. The fraction of sp³-hybridized carbons (Fsp3) is 0.474. The third kappa shape index (κ3) is 4.06. The molecule has 3 N–H and O–H groups in total. The van der Waals surface area contributed by atoms with Crippen molar-refractivity contribution in [3.63, 3.8) is 0 Å². The van der Waals surface area contributed by atoms with Crippen LogP contribution in [0, 0.1) is 0 Å². The maximum Gasteiger partial charge on any atom is 0.238 e. The van der Waals surface area contributed by atoms with Crippen molar-refractivity contribution in [2.75, 3.05) is 16.8 Å². The molecule has 0 radical (unpaired) electrons. The van der Waals surface area contributed by atoms with Crippen LogP contribution in [-0.4, -0.2) is 31.0 Å². The van der Waals surface area contributed by atoms with Gasteiger partial charge in [-0.2, -0.15) is 4.98 Å². The Kier molecular flexibility index (Phi) is 4.55. The highest BCUT2D eigenvalue weighted by molar-refractivity contribution is 7.89. The molecule has 2 aromatic rings. The van der Waals surface area contributed by atoms with Crippen LogP contribution in [0.15, 0.2) is 29.2 Å². The van der Waals surface area contributed by atoms with E-state index in [0.29, 0.717) is 24.5 Å². The van der Waals surface area contributed by atoms with Crippen LogP contribution in [0.5, 0.6) is 0 Å². The summed E-state index contributed by atoms with van der Waals surface area (Å²) in [6.45, 7) is 5.68. The lowest BCUT2D eigenvalue weighted by Crippen LogP contribution is -2.32. The second kappa shape index (κ2) is 6.76. The maximum absolute atomic E-state index is 11.7. The molecule has 0 atom stereocenters. The third-order valence-electron chi connectivity index (χ3n) is 5.08. The van der Waals surface area contributed by atoms with Crippen LogP contribution >= 0.6 is 0 Å². The van der Waals surface area contributed by atoms with Crippen LogP contribution in [0.25, 0.3) is 0 Å². The van der Waals surface area contributed by atoms with Gasteiger partial charge in [0.05, 0.1) is 10.6 Å². The van der Waals surface area contributed by atoms with Crippen LogP contribution in [0.2, 0.25) is 0 Å². The molecule has 0 unspecified atom stereocenters. The van der Waals surface area contributed by atoms with Gasteiger partial charge < -0.3 is 10.2 Å². The van der Waals surface area contributed by atoms with Gasteiger partial charge in [-0.25, -0.2) is 18.5 Å². The Hall–Kier alpha value is -2.19. The molecule has 1 aromatic carbocycles. The Morgan fingerprint density at radius 2 is 1.96 bits per heavy atom.